The summed E-state index contributed by atoms with van der Waals surface area (Å²) in [5.41, 5.74) is 6.57. The van der Waals surface area contributed by atoms with E-state index in [0.29, 0.717) is 0 Å². The number of amides is 1. The van der Waals surface area contributed by atoms with Crippen molar-refractivity contribution in [3.63, 3.8) is 0 Å². The van der Waals surface area contributed by atoms with Crippen LogP contribution in [0.3, 0.4) is 0 Å². The number of anilines is 1. The lowest BCUT2D eigenvalue weighted by Crippen LogP contribution is -2.45. The Morgan fingerprint density at radius 3 is 2.53 bits per heavy atom. The monoisotopic (exact) mass is 637 g/mol. The molecule has 3 aliphatic heterocycles. The van der Waals surface area contributed by atoms with Crippen LogP contribution in [0.25, 0.3) is 11.1 Å². The quantitative estimate of drug-likeness (QED) is 0.170. The summed E-state index contributed by atoms with van der Waals surface area (Å²) in [5, 5.41) is 2.22. The third-order valence-corrected chi connectivity index (χ3v) is 10.7. The Kier molecular flexibility index (Phi) is 8.41. The predicted octanol–water partition coefficient (Wildman–Crippen LogP) is 2.40. The number of sulfonamides is 1. The van der Waals surface area contributed by atoms with E-state index in [9.17, 15) is 13.2 Å². The zero-order valence-electron chi connectivity index (χ0n) is 24.6. The average Bonchev–Trinajstić information content (AvgIpc) is 3.80. The number of hydrogen-bond donors (Lipinski definition) is 2. The second-order valence-corrected chi connectivity index (χ2v) is 14.2. The summed E-state index contributed by atoms with van der Waals surface area (Å²) in [4.78, 5) is 17.3. The highest BCUT2D eigenvalue weighted by atomic mass is 32.2. The van der Waals surface area contributed by atoms with Gasteiger partial charge in [-0.3, -0.25) is 9.52 Å². The van der Waals surface area contributed by atoms with Crippen LogP contribution in [0.4, 0.5) is 5.69 Å². The Labute approximate surface area is 263 Å². The number of aryl methyl sites for hydroxylation is 1. The van der Waals surface area contributed by atoms with Gasteiger partial charge in [0.05, 0.1) is 22.8 Å². The maximum atomic E-state index is 12.2. The molecule has 0 radical (unpaired) electrons. The van der Waals surface area contributed by atoms with Gasteiger partial charge in [0.25, 0.3) is 0 Å². The molecule has 43 heavy (non-hydrogen) atoms. The van der Waals surface area contributed by atoms with Crippen molar-refractivity contribution in [2.24, 2.45) is 0 Å². The molecule has 4 aliphatic rings. The lowest BCUT2D eigenvalue weighted by Gasteiger charge is -2.28. The Balaban J connectivity index is 1.33. The van der Waals surface area contributed by atoms with Gasteiger partial charge in [-0.1, -0.05) is 24.4 Å². The van der Waals surface area contributed by atoms with Crippen LogP contribution in [-0.2, 0) is 27.7 Å². The van der Waals surface area contributed by atoms with Crippen LogP contribution in [0, 0.1) is 0 Å². The van der Waals surface area contributed by atoms with Gasteiger partial charge in [0, 0.05) is 84.8 Å². The first-order chi connectivity index (χ1) is 20.6. The maximum Gasteiger partial charge on any atom is 0.234 e. The predicted molar refractivity (Wildman–Crippen MR) is 178 cm³/mol. The molecule has 0 unspecified atom stereocenters. The van der Waals surface area contributed by atoms with Gasteiger partial charge >= 0.3 is 0 Å². The molecule has 0 atom stereocenters. The van der Waals surface area contributed by atoms with Gasteiger partial charge < -0.3 is 14.5 Å². The van der Waals surface area contributed by atoms with Crippen molar-refractivity contribution in [1.29, 1.82) is 0 Å². The highest BCUT2D eigenvalue weighted by Crippen LogP contribution is 2.42. The topological polar surface area (TPSA) is 81.7 Å². The second-order valence-electron chi connectivity index (χ2n) is 11.5. The van der Waals surface area contributed by atoms with E-state index >= 15 is 0 Å². The van der Waals surface area contributed by atoms with Gasteiger partial charge in [0.1, 0.15) is 18.8 Å². The van der Waals surface area contributed by atoms with Crippen molar-refractivity contribution in [2.75, 3.05) is 50.5 Å². The van der Waals surface area contributed by atoms with Crippen molar-refractivity contribution in [3.05, 3.63) is 74.9 Å². The SMILES string of the molecule is CC(=O)NS(=O)(=O)CCCOc1c2c3c(c/c1=C1\C(=S)C(c4ccc(N(C)CCN5C=C5)cc4)=C1S)CCC[N+]=3CCC2. The molecule has 0 bridgehead atoms. The van der Waals surface area contributed by atoms with Crippen LogP contribution >= 0.6 is 24.8 Å². The van der Waals surface area contributed by atoms with Crippen molar-refractivity contribution in [1.82, 2.24) is 14.2 Å². The molecule has 226 valence electrons. The molecule has 1 amide bonds. The highest BCUT2D eigenvalue weighted by Gasteiger charge is 2.33. The molecule has 1 N–H and O–H groups in total. The summed E-state index contributed by atoms with van der Waals surface area (Å²) in [6.07, 6.45) is 8.45. The lowest BCUT2D eigenvalue weighted by atomic mass is 9.83. The molecule has 0 saturated carbocycles. The van der Waals surface area contributed by atoms with E-state index in [2.05, 4.69) is 64.2 Å². The number of benzene rings is 2. The number of carbonyl (C=O) groups is 1. The first-order valence-electron chi connectivity index (χ1n) is 14.8. The molecule has 3 heterocycles. The Morgan fingerprint density at radius 1 is 1.14 bits per heavy atom. The van der Waals surface area contributed by atoms with Gasteiger partial charge in [0.2, 0.25) is 21.3 Å². The fraction of sp³-hybridized carbons (Fsp3) is 0.406. The molecule has 0 spiro atoms. The number of carbonyl (C=O) groups excluding carboxylic acids is 1. The summed E-state index contributed by atoms with van der Waals surface area (Å²) < 4.78 is 35.3. The van der Waals surface area contributed by atoms with Crippen molar-refractivity contribution < 1.29 is 17.9 Å². The molecule has 2 aromatic carbocycles. The van der Waals surface area contributed by atoms with Gasteiger partial charge in [-0.15, -0.1) is 12.6 Å². The van der Waals surface area contributed by atoms with Crippen LogP contribution in [0.15, 0.2) is 47.6 Å². The van der Waals surface area contributed by atoms with Crippen LogP contribution < -0.4 is 29.5 Å². The maximum absolute atomic E-state index is 12.2. The van der Waals surface area contributed by atoms with E-state index in [1.165, 1.54) is 23.4 Å². The molecule has 0 fully saturated rings. The number of rotatable bonds is 11. The van der Waals surface area contributed by atoms with Gasteiger partial charge in [-0.2, -0.15) is 0 Å². The summed E-state index contributed by atoms with van der Waals surface area (Å²) in [7, 11) is -1.59. The molecule has 2 aromatic rings. The normalized spacial score (nSPS) is 18.3. The second kappa shape index (κ2) is 12.1. The molecule has 0 saturated heterocycles. The van der Waals surface area contributed by atoms with E-state index in [4.69, 9.17) is 29.6 Å². The van der Waals surface area contributed by atoms with Crippen molar-refractivity contribution >= 4 is 62.5 Å². The number of nitrogens with one attached hydrogen (secondary N) is 1. The number of ether oxygens (including phenoxy) is 1. The van der Waals surface area contributed by atoms with Gasteiger partial charge in [-0.25, -0.2) is 13.0 Å². The summed E-state index contributed by atoms with van der Waals surface area (Å²) >= 11 is 11.0. The minimum absolute atomic E-state index is 0.189. The number of nitrogens with zero attached hydrogens (tertiary/aromatic N) is 3. The van der Waals surface area contributed by atoms with E-state index in [1.807, 2.05) is 4.72 Å². The van der Waals surface area contributed by atoms with Gasteiger partial charge in [-0.05, 0) is 43.0 Å². The van der Waals surface area contributed by atoms with Crippen LogP contribution in [0.5, 0.6) is 5.75 Å². The zero-order chi connectivity index (χ0) is 30.3. The Morgan fingerprint density at radius 2 is 1.86 bits per heavy atom. The number of allylic oxidation sites excluding steroid dienone is 2. The summed E-state index contributed by atoms with van der Waals surface area (Å²) in [5.74, 6) is 0.00108. The summed E-state index contributed by atoms with van der Waals surface area (Å²) in [6, 6.07) is 10.7. The third kappa shape index (κ3) is 6.25. The molecule has 1 aliphatic carbocycles. The number of likely N-dealkylation sites (N-methyl/N-ethyl adjacent to an activating group) is 1. The zero-order valence-corrected chi connectivity index (χ0v) is 27.1. The van der Waals surface area contributed by atoms with Gasteiger partial charge in [0.15, 0.2) is 0 Å². The fourth-order valence-corrected chi connectivity index (χ4v) is 8.36. The number of thiocarbonyl (C=S) groups is 1. The number of hydrogen-bond acceptors (Lipinski definition) is 8. The Hall–Kier alpha value is -3.15. The first-order valence-corrected chi connectivity index (χ1v) is 17.3. The van der Waals surface area contributed by atoms with Crippen LogP contribution in [0.1, 0.15) is 42.9 Å². The molecule has 6 rings (SSSR count). The standard InChI is InChI=1S/C32H36N4O4S3/c1-21(37)33-43(38,39)19-5-18-40-30-25-7-4-13-36-12-3-6-23(29(25)36)20-26(30)28-31(41)27(32(28)42)22-8-10-24(11-9-22)34(2)14-15-35-16-17-35/h8-11,16-17,20H,3-7,12-15,18-19H2,1-2H3,(H-,33,37,41,42)/p+1. The molecule has 8 nitrogen and oxygen atoms in total. The lowest BCUT2D eigenvalue weighted by molar-refractivity contribution is -0.117. The van der Waals surface area contributed by atoms with E-state index in [-0.39, 0.29) is 18.8 Å². The van der Waals surface area contributed by atoms with E-state index in [1.54, 1.807) is 0 Å². The fourth-order valence-electron chi connectivity index (χ4n) is 6.27. The molecular formula is C32H37N4O4S3+. The van der Waals surface area contributed by atoms with E-state index < -0.39 is 15.9 Å². The highest BCUT2D eigenvalue weighted by molar-refractivity contribution is 7.90. The minimum Gasteiger partial charge on any atom is -0.492 e. The largest absolute Gasteiger partial charge is 0.492 e. The van der Waals surface area contributed by atoms with Crippen LogP contribution in [0.2, 0.25) is 0 Å². The van der Waals surface area contributed by atoms with Crippen molar-refractivity contribution in [3.8, 4) is 5.75 Å². The Bertz CT molecular complexity index is 1790. The first kappa shape index (κ1) is 29.9. The van der Waals surface area contributed by atoms with Crippen LogP contribution in [-0.4, -0.2) is 69.7 Å². The smallest absolute Gasteiger partial charge is 0.234 e. The van der Waals surface area contributed by atoms with Crippen molar-refractivity contribution in [2.45, 2.75) is 39.0 Å². The number of thiol groups is 1. The van der Waals surface area contributed by atoms with E-state index in [0.717, 1.165) is 95.0 Å². The molecule has 0 aromatic heterocycles. The minimum atomic E-state index is -3.69. The summed E-state index contributed by atoms with van der Waals surface area (Å²) in [6.45, 7) is 5.37. The average molecular weight is 638 g/mol. The molecular weight excluding hydrogens is 601 g/mol. The molecule has 11 heteroatoms. The third-order valence-electron chi connectivity index (χ3n) is 8.42.